The summed E-state index contributed by atoms with van der Waals surface area (Å²) in [5, 5.41) is 13.6. The van der Waals surface area contributed by atoms with Crippen LogP contribution in [-0.2, 0) is 10.0 Å². The zero-order chi connectivity index (χ0) is 25.0. The Morgan fingerprint density at radius 3 is 2.46 bits per heavy atom. The van der Waals surface area contributed by atoms with E-state index in [0.717, 1.165) is 28.0 Å². The first-order valence-electron chi connectivity index (χ1n) is 11.7. The van der Waals surface area contributed by atoms with Crippen LogP contribution >= 0.6 is 0 Å². The number of aromatic nitrogens is 1. The van der Waals surface area contributed by atoms with Crippen LogP contribution in [0.4, 0.5) is 0 Å². The molecule has 1 aliphatic heterocycles. The fourth-order valence-electron chi connectivity index (χ4n) is 4.66. The van der Waals surface area contributed by atoms with Crippen molar-refractivity contribution in [2.24, 2.45) is 5.16 Å². The number of oxime groups is 1. The Hall–Kier alpha value is -3.29. The highest BCUT2D eigenvalue weighted by Gasteiger charge is 2.22. The maximum atomic E-state index is 11.8. The number of hydrogen-bond acceptors (Lipinski definition) is 5. The highest BCUT2D eigenvalue weighted by atomic mass is 32.2. The molecule has 6 nitrogen and oxygen atoms in total. The molecule has 1 aliphatic rings. The molecule has 35 heavy (non-hydrogen) atoms. The van der Waals surface area contributed by atoms with Gasteiger partial charge in [0, 0.05) is 42.9 Å². The van der Waals surface area contributed by atoms with E-state index in [4.69, 9.17) is 0 Å². The summed E-state index contributed by atoms with van der Waals surface area (Å²) in [5.41, 5.74) is 8.11. The fourth-order valence-corrected chi connectivity index (χ4v) is 5.43. The van der Waals surface area contributed by atoms with E-state index in [2.05, 4.69) is 53.5 Å². The van der Waals surface area contributed by atoms with Crippen molar-refractivity contribution in [3.8, 4) is 0 Å². The summed E-state index contributed by atoms with van der Waals surface area (Å²) in [6, 6.07) is 20.6. The second kappa shape index (κ2) is 10.5. The van der Waals surface area contributed by atoms with E-state index in [0.29, 0.717) is 31.6 Å². The van der Waals surface area contributed by atoms with Crippen molar-refractivity contribution in [3.63, 3.8) is 0 Å². The molecular weight excluding hydrogens is 458 g/mol. The number of benzene rings is 2. The lowest BCUT2D eigenvalue weighted by Gasteiger charge is -2.25. The van der Waals surface area contributed by atoms with Crippen LogP contribution in [0.2, 0.25) is 0 Å². The van der Waals surface area contributed by atoms with Gasteiger partial charge in [-0.2, -0.15) is 4.31 Å². The number of nitrogens with zero attached hydrogens (tertiary/aromatic N) is 3. The largest absolute Gasteiger partial charge is 0.411 e. The van der Waals surface area contributed by atoms with Gasteiger partial charge in [0.15, 0.2) is 0 Å². The maximum Gasteiger partial charge on any atom is 0.211 e. The minimum Gasteiger partial charge on any atom is -0.411 e. The molecule has 0 aliphatic carbocycles. The molecule has 0 fully saturated rings. The second-order valence-electron chi connectivity index (χ2n) is 9.07. The predicted octanol–water partition coefficient (Wildman–Crippen LogP) is 5.15. The number of hydrogen-bond donors (Lipinski definition) is 1. The Bertz CT molecular complexity index is 1360. The maximum absolute atomic E-state index is 11.8. The Balaban J connectivity index is 1.65. The van der Waals surface area contributed by atoms with Gasteiger partial charge in [-0.25, -0.2) is 8.42 Å². The number of rotatable bonds is 7. The van der Waals surface area contributed by atoms with E-state index >= 15 is 0 Å². The van der Waals surface area contributed by atoms with Crippen molar-refractivity contribution in [3.05, 3.63) is 106 Å². The molecule has 0 saturated heterocycles. The Labute approximate surface area is 207 Å². The number of sulfonamides is 1. The molecule has 0 unspecified atom stereocenters. The molecule has 182 valence electrons. The second-order valence-corrected chi connectivity index (χ2v) is 11.1. The molecule has 0 radical (unpaired) electrons. The standard InChI is InChI=1S/C28H31N3O3S/c1-20-6-4-5-7-26(20)27(19-28(30-32)25-12-15-29-21(2)18-25)24-10-8-22(9-11-24)23-13-16-31(17-14-23)35(3,33)34/h4-13,15,18,27,32H,14,16-17,19H2,1-3H3/t27-/m1/s1. The lowest BCUT2D eigenvalue weighted by Crippen LogP contribution is -2.33. The first-order valence-corrected chi connectivity index (χ1v) is 13.5. The van der Waals surface area contributed by atoms with Crippen LogP contribution in [0.1, 0.15) is 52.3 Å². The average Bonchev–Trinajstić information content (AvgIpc) is 2.85. The van der Waals surface area contributed by atoms with Crippen molar-refractivity contribution in [2.75, 3.05) is 19.3 Å². The highest BCUT2D eigenvalue weighted by molar-refractivity contribution is 7.88. The van der Waals surface area contributed by atoms with E-state index < -0.39 is 10.0 Å². The van der Waals surface area contributed by atoms with Crippen molar-refractivity contribution >= 4 is 21.3 Å². The Kier molecular flexibility index (Phi) is 7.48. The summed E-state index contributed by atoms with van der Waals surface area (Å²) in [6.45, 7) is 4.93. The predicted molar refractivity (Wildman–Crippen MR) is 140 cm³/mol. The van der Waals surface area contributed by atoms with Gasteiger partial charge in [0.05, 0.1) is 12.0 Å². The van der Waals surface area contributed by atoms with Gasteiger partial charge in [0.25, 0.3) is 0 Å². The molecule has 0 saturated carbocycles. The lowest BCUT2D eigenvalue weighted by atomic mass is 9.83. The summed E-state index contributed by atoms with van der Waals surface area (Å²) >= 11 is 0. The van der Waals surface area contributed by atoms with Crippen LogP contribution in [0.3, 0.4) is 0 Å². The quantitative estimate of drug-likeness (QED) is 0.283. The van der Waals surface area contributed by atoms with Crippen molar-refractivity contribution in [2.45, 2.75) is 32.6 Å². The lowest BCUT2D eigenvalue weighted by molar-refractivity contribution is 0.317. The van der Waals surface area contributed by atoms with Crippen molar-refractivity contribution in [1.29, 1.82) is 0 Å². The fraction of sp³-hybridized carbons (Fsp3) is 0.286. The van der Waals surface area contributed by atoms with Gasteiger partial charge < -0.3 is 5.21 Å². The monoisotopic (exact) mass is 489 g/mol. The minimum atomic E-state index is -3.17. The third-order valence-electron chi connectivity index (χ3n) is 6.64. The van der Waals surface area contributed by atoms with Crippen molar-refractivity contribution < 1.29 is 13.6 Å². The van der Waals surface area contributed by atoms with Crippen molar-refractivity contribution in [1.82, 2.24) is 9.29 Å². The number of aryl methyl sites for hydroxylation is 2. The van der Waals surface area contributed by atoms with Crippen LogP contribution in [-0.4, -0.2) is 48.0 Å². The third kappa shape index (κ3) is 5.86. The van der Waals surface area contributed by atoms with Crippen LogP contribution in [0, 0.1) is 13.8 Å². The molecular formula is C28H31N3O3S. The summed E-state index contributed by atoms with van der Waals surface area (Å²) in [6.07, 6.45) is 6.22. The Morgan fingerprint density at radius 2 is 1.86 bits per heavy atom. The van der Waals surface area contributed by atoms with Gasteiger partial charge in [0.2, 0.25) is 10.0 Å². The zero-order valence-corrected chi connectivity index (χ0v) is 21.2. The SMILES string of the molecule is Cc1cc(C(C[C@H](c2ccc(C3=CCN(S(C)(=O)=O)CC3)cc2)c2ccccc2C)=NO)ccn1. The molecule has 0 spiro atoms. The van der Waals surface area contributed by atoms with Crippen LogP contribution in [0.25, 0.3) is 5.57 Å². The molecule has 4 rings (SSSR count). The summed E-state index contributed by atoms with van der Waals surface area (Å²) in [7, 11) is -3.17. The summed E-state index contributed by atoms with van der Waals surface area (Å²) in [4.78, 5) is 4.26. The molecule has 7 heteroatoms. The normalized spacial score (nSPS) is 16.1. The summed E-state index contributed by atoms with van der Waals surface area (Å²) in [5.74, 6) is 0.00526. The van der Waals surface area contributed by atoms with Gasteiger partial charge in [0.1, 0.15) is 0 Å². The molecule has 2 aromatic carbocycles. The van der Waals surface area contributed by atoms with E-state index in [9.17, 15) is 13.6 Å². The highest BCUT2D eigenvalue weighted by Crippen LogP contribution is 2.33. The minimum absolute atomic E-state index is 0.00526. The average molecular weight is 490 g/mol. The first kappa shape index (κ1) is 24.8. The molecule has 1 atom stereocenters. The van der Waals surface area contributed by atoms with Gasteiger partial charge in [-0.3, -0.25) is 4.98 Å². The van der Waals surface area contributed by atoms with E-state index in [-0.39, 0.29) is 5.92 Å². The topological polar surface area (TPSA) is 82.9 Å². The van der Waals surface area contributed by atoms with Gasteiger partial charge in [-0.15, -0.1) is 0 Å². The molecule has 0 amide bonds. The molecule has 2 heterocycles. The van der Waals surface area contributed by atoms with Crippen LogP contribution in [0.5, 0.6) is 0 Å². The molecule has 0 bridgehead atoms. The van der Waals surface area contributed by atoms with Crippen LogP contribution in [0.15, 0.2) is 78.1 Å². The first-order chi connectivity index (χ1) is 16.8. The van der Waals surface area contributed by atoms with Gasteiger partial charge in [-0.05, 0) is 60.2 Å². The van der Waals surface area contributed by atoms with E-state index in [1.54, 1.807) is 6.20 Å². The van der Waals surface area contributed by atoms with Gasteiger partial charge in [-0.1, -0.05) is 59.8 Å². The molecule has 1 aromatic heterocycles. The smallest absolute Gasteiger partial charge is 0.211 e. The molecule has 1 N–H and O–H groups in total. The molecule has 3 aromatic rings. The van der Waals surface area contributed by atoms with E-state index in [1.165, 1.54) is 21.7 Å². The van der Waals surface area contributed by atoms with E-state index in [1.807, 2.05) is 37.3 Å². The number of pyridine rings is 1. The summed E-state index contributed by atoms with van der Waals surface area (Å²) < 4.78 is 25.1. The zero-order valence-electron chi connectivity index (χ0n) is 20.3. The van der Waals surface area contributed by atoms with Crippen LogP contribution < -0.4 is 0 Å². The Morgan fingerprint density at radius 1 is 1.11 bits per heavy atom. The third-order valence-corrected chi connectivity index (χ3v) is 7.91. The van der Waals surface area contributed by atoms with Gasteiger partial charge >= 0.3 is 0 Å².